The number of hydrogen-bond acceptors (Lipinski definition) is 5. The second kappa shape index (κ2) is 10.6. The van der Waals surface area contributed by atoms with Gasteiger partial charge in [-0.3, -0.25) is 9.59 Å². The van der Waals surface area contributed by atoms with Gasteiger partial charge in [-0.1, -0.05) is 0 Å². The Balaban J connectivity index is 1.75. The first-order chi connectivity index (χ1) is 17.9. The molecule has 1 saturated carbocycles. The van der Waals surface area contributed by atoms with Crippen LogP contribution < -0.4 is 9.64 Å². The van der Waals surface area contributed by atoms with Crippen LogP contribution in [0.15, 0.2) is 12.1 Å². The van der Waals surface area contributed by atoms with E-state index in [0.29, 0.717) is 51.7 Å². The number of benzene rings is 1. The Morgan fingerprint density at radius 2 is 1.97 bits per heavy atom. The smallest absolute Gasteiger partial charge is 0.417 e. The lowest BCUT2D eigenvalue weighted by Crippen LogP contribution is -2.54. The molecule has 3 aliphatic rings. The molecule has 0 unspecified atom stereocenters. The molecule has 1 aromatic carbocycles. The molecule has 1 saturated heterocycles. The van der Waals surface area contributed by atoms with Crippen LogP contribution in [0.25, 0.3) is 0 Å². The summed E-state index contributed by atoms with van der Waals surface area (Å²) in [6, 6.07) is 0.885. The summed E-state index contributed by atoms with van der Waals surface area (Å²) in [5.41, 5.74) is -2.72. The van der Waals surface area contributed by atoms with Crippen LogP contribution in [0.4, 0.5) is 23.7 Å². The van der Waals surface area contributed by atoms with E-state index in [4.69, 9.17) is 9.47 Å². The highest BCUT2D eigenvalue weighted by Crippen LogP contribution is 2.51. The molecule has 1 aromatic rings. The van der Waals surface area contributed by atoms with Crippen molar-refractivity contribution in [2.24, 2.45) is 0 Å². The normalized spacial score (nSPS) is 20.4. The third kappa shape index (κ3) is 5.41. The Bertz CT molecular complexity index is 1090. The Morgan fingerprint density at radius 1 is 1.26 bits per heavy atom. The molecular weight excluding hydrogens is 507 g/mol. The number of carboxylic acid groups (broad SMARTS) is 1. The highest BCUT2D eigenvalue weighted by molar-refractivity contribution is 6.06. The minimum atomic E-state index is -4.85. The van der Waals surface area contributed by atoms with E-state index in [1.807, 2.05) is 0 Å². The van der Waals surface area contributed by atoms with Crippen LogP contribution in [0, 0.1) is 0 Å². The van der Waals surface area contributed by atoms with Crippen molar-refractivity contribution in [3.05, 3.63) is 23.3 Å². The van der Waals surface area contributed by atoms with Crippen LogP contribution in [0.2, 0.25) is 0 Å². The Kier molecular flexibility index (Phi) is 7.83. The number of carbonyl (C=O) groups excluding carboxylic acids is 2. The fourth-order valence-corrected chi connectivity index (χ4v) is 5.37. The van der Waals surface area contributed by atoms with Gasteiger partial charge in [0, 0.05) is 52.2 Å². The van der Waals surface area contributed by atoms with Crippen LogP contribution >= 0.6 is 0 Å². The van der Waals surface area contributed by atoms with Crippen LogP contribution in [0.3, 0.4) is 0 Å². The number of hydrogen-bond donors (Lipinski definition) is 1. The summed E-state index contributed by atoms with van der Waals surface area (Å²) in [5.74, 6) is -1.24. The Hall–Kier alpha value is -3.02. The lowest BCUT2D eigenvalue weighted by Gasteiger charge is -2.41. The fraction of sp³-hybridized carbons (Fsp3) is 0.654. The van der Waals surface area contributed by atoms with Crippen LogP contribution in [-0.4, -0.2) is 83.8 Å². The molecule has 2 aliphatic heterocycles. The van der Waals surface area contributed by atoms with Crippen molar-refractivity contribution in [1.82, 2.24) is 9.80 Å². The van der Waals surface area contributed by atoms with Gasteiger partial charge in [-0.15, -0.1) is 0 Å². The standard InChI is InChI=1S/C26H34F3N3O6/c1-16(2)32(17-7-6-10-30(15-17)24(35)36)22(33)18-13-20-21(14-19(18)26(27,28)29)38-25(8-9-25)23(34)31(20)11-4-5-12-37-3/h13-14,16-17H,4-12,15H2,1-3H3,(H,35,36)/t17-/m1/s1. The van der Waals surface area contributed by atoms with Crippen LogP contribution in [0.5, 0.6) is 5.75 Å². The molecule has 210 valence electrons. The topological polar surface area (TPSA) is 99.6 Å². The lowest BCUT2D eigenvalue weighted by atomic mass is 9.97. The Labute approximate surface area is 219 Å². The van der Waals surface area contributed by atoms with Crippen LogP contribution in [-0.2, 0) is 15.7 Å². The monoisotopic (exact) mass is 541 g/mol. The zero-order chi connectivity index (χ0) is 27.8. The third-order valence-electron chi connectivity index (χ3n) is 7.40. The Morgan fingerprint density at radius 3 is 2.55 bits per heavy atom. The molecule has 38 heavy (non-hydrogen) atoms. The zero-order valence-corrected chi connectivity index (χ0v) is 21.8. The minimum Gasteiger partial charge on any atom is -0.475 e. The number of nitrogens with zero attached hydrogens (tertiary/aromatic N) is 3. The molecule has 12 heteroatoms. The maximum Gasteiger partial charge on any atom is 0.417 e. The van der Waals surface area contributed by atoms with Gasteiger partial charge in [0.25, 0.3) is 11.8 Å². The quantitative estimate of drug-likeness (QED) is 0.491. The molecule has 9 nitrogen and oxygen atoms in total. The molecular formula is C26H34F3N3O6. The number of unbranched alkanes of at least 4 members (excludes halogenated alkanes) is 1. The maximum absolute atomic E-state index is 14.3. The summed E-state index contributed by atoms with van der Waals surface area (Å²) < 4.78 is 53.8. The highest BCUT2D eigenvalue weighted by Gasteiger charge is 2.58. The number of methoxy groups -OCH3 is 1. The highest BCUT2D eigenvalue weighted by atomic mass is 19.4. The zero-order valence-electron chi connectivity index (χ0n) is 21.8. The number of ether oxygens (including phenoxy) is 2. The summed E-state index contributed by atoms with van der Waals surface area (Å²) in [6.07, 6.45) is -2.98. The van der Waals surface area contributed by atoms with Crippen molar-refractivity contribution in [2.75, 3.05) is 38.3 Å². The van der Waals surface area contributed by atoms with Crippen molar-refractivity contribution in [2.45, 2.75) is 76.2 Å². The number of piperidine rings is 1. The van der Waals surface area contributed by atoms with Crippen molar-refractivity contribution >= 4 is 23.6 Å². The van der Waals surface area contributed by atoms with Gasteiger partial charge in [-0.2, -0.15) is 13.2 Å². The third-order valence-corrected chi connectivity index (χ3v) is 7.40. The van der Waals surface area contributed by atoms with Crippen molar-refractivity contribution in [1.29, 1.82) is 0 Å². The number of fused-ring (bicyclic) bond motifs is 1. The predicted octanol–water partition coefficient (Wildman–Crippen LogP) is 4.38. The number of carbonyl (C=O) groups is 3. The molecule has 2 heterocycles. The van der Waals surface area contributed by atoms with Gasteiger partial charge in [0.05, 0.1) is 22.9 Å². The van der Waals surface area contributed by atoms with Crippen molar-refractivity contribution in [3.8, 4) is 5.75 Å². The van der Waals surface area contributed by atoms with Gasteiger partial charge < -0.3 is 29.3 Å². The summed E-state index contributed by atoms with van der Waals surface area (Å²) >= 11 is 0. The number of rotatable bonds is 8. The van der Waals surface area contributed by atoms with Crippen molar-refractivity contribution in [3.63, 3.8) is 0 Å². The fourth-order valence-electron chi connectivity index (χ4n) is 5.37. The van der Waals surface area contributed by atoms with Gasteiger partial charge in [0.15, 0.2) is 5.60 Å². The first-order valence-electron chi connectivity index (χ1n) is 13.0. The SMILES string of the molecule is COCCCCN1C(=O)C2(CC2)Oc2cc(C(F)(F)F)c(C(=O)N(C(C)C)[C@@H]3CCCN(C(=O)O)C3)cc21. The van der Waals surface area contributed by atoms with Gasteiger partial charge in [0.1, 0.15) is 5.75 Å². The largest absolute Gasteiger partial charge is 0.475 e. The van der Waals surface area contributed by atoms with Gasteiger partial charge >= 0.3 is 12.3 Å². The van der Waals surface area contributed by atoms with E-state index in [9.17, 15) is 32.7 Å². The molecule has 1 spiro atoms. The molecule has 1 N–H and O–H groups in total. The predicted molar refractivity (Wildman–Crippen MR) is 131 cm³/mol. The lowest BCUT2D eigenvalue weighted by molar-refractivity contribution is -0.138. The first kappa shape index (κ1) is 28.0. The second-order valence-electron chi connectivity index (χ2n) is 10.4. The van der Waals surface area contributed by atoms with Gasteiger partial charge in [-0.05, 0) is 51.7 Å². The molecule has 1 atom stereocenters. The summed E-state index contributed by atoms with van der Waals surface area (Å²) in [5, 5.41) is 9.44. The van der Waals surface area contributed by atoms with Crippen LogP contribution in [0.1, 0.15) is 68.3 Å². The van der Waals surface area contributed by atoms with E-state index in [0.717, 1.165) is 12.1 Å². The van der Waals surface area contributed by atoms with E-state index in [1.165, 1.54) is 14.7 Å². The average Bonchev–Trinajstić information content (AvgIpc) is 3.63. The molecule has 0 radical (unpaired) electrons. The molecule has 0 bridgehead atoms. The first-order valence-corrected chi connectivity index (χ1v) is 13.0. The number of anilines is 1. The second-order valence-corrected chi connectivity index (χ2v) is 10.4. The summed E-state index contributed by atoms with van der Waals surface area (Å²) in [7, 11) is 1.56. The number of alkyl halides is 3. The van der Waals surface area contributed by atoms with Gasteiger partial charge in [-0.25, -0.2) is 4.79 Å². The molecule has 4 rings (SSSR count). The molecule has 2 fully saturated rings. The molecule has 3 amide bonds. The van der Waals surface area contributed by atoms with E-state index in [2.05, 4.69) is 0 Å². The van der Waals surface area contributed by atoms with E-state index in [1.54, 1.807) is 21.0 Å². The maximum atomic E-state index is 14.3. The van der Waals surface area contributed by atoms with Crippen molar-refractivity contribution < 1.29 is 42.1 Å². The molecule has 1 aliphatic carbocycles. The minimum absolute atomic E-state index is 0.0152. The number of halogens is 3. The van der Waals surface area contributed by atoms with Gasteiger partial charge in [0.2, 0.25) is 0 Å². The number of amides is 3. The van der Waals surface area contributed by atoms with E-state index >= 15 is 0 Å². The number of likely N-dealkylation sites (tertiary alicyclic amines) is 1. The summed E-state index contributed by atoms with van der Waals surface area (Å²) in [4.78, 5) is 42.6. The van der Waals surface area contributed by atoms with E-state index in [-0.39, 0.29) is 30.4 Å². The summed E-state index contributed by atoms with van der Waals surface area (Å²) in [6.45, 7) is 4.43. The van der Waals surface area contributed by atoms with E-state index < -0.39 is 47.0 Å². The molecule has 0 aromatic heterocycles. The average molecular weight is 542 g/mol.